The quantitative estimate of drug-likeness (QED) is 0.0218. The molecule has 3 aliphatic rings. The first-order valence-electron chi connectivity index (χ1n) is 30.9. The molecule has 3 rings (SSSR count). The molecule has 16 unspecified atom stereocenters. The standard InChI is InChI=1S/C57H107O23P/c1-3-5-7-9-11-13-15-17-19-20-22-24-26-28-30-32-34-43(61)75-39(37-73-42(60)33-31-29-27-25-23-21-18-16-14-12-10-8-6-4-2)38-74-81(71,72)80-55-53(78-56-51(69)46(64)44(62)40(35-58)76-56)49(67)48(66)50(68)54(55)79-57-52(70)47(65)45(63)41(36-59)77-57/h39-41,44-59,62-70H,3-38H2,1-2H3,(H,71,72). The van der Waals surface area contributed by atoms with Crippen molar-refractivity contribution >= 4 is 19.8 Å². The summed E-state index contributed by atoms with van der Waals surface area (Å²) in [5.41, 5.74) is 0. The van der Waals surface area contributed by atoms with Crippen LogP contribution in [-0.2, 0) is 51.6 Å². The predicted octanol–water partition coefficient (Wildman–Crippen LogP) is 4.93. The second-order valence-corrected chi connectivity index (χ2v) is 24.0. The maximum Gasteiger partial charge on any atom is 0.472 e. The minimum absolute atomic E-state index is 0.0245. The van der Waals surface area contributed by atoms with Crippen LogP contribution in [0.2, 0.25) is 0 Å². The van der Waals surface area contributed by atoms with E-state index in [2.05, 4.69) is 13.8 Å². The van der Waals surface area contributed by atoms with Gasteiger partial charge in [-0.1, -0.05) is 194 Å². The fourth-order valence-electron chi connectivity index (χ4n) is 10.5. The van der Waals surface area contributed by atoms with E-state index in [-0.39, 0.29) is 12.8 Å². The fourth-order valence-corrected chi connectivity index (χ4v) is 11.5. The van der Waals surface area contributed by atoms with E-state index in [1.807, 2.05) is 0 Å². The highest BCUT2D eigenvalue weighted by Crippen LogP contribution is 2.49. The number of carbonyl (C=O) groups excluding carboxylic acids is 2. The van der Waals surface area contributed by atoms with Gasteiger partial charge < -0.3 is 89.5 Å². The Morgan fingerprint density at radius 1 is 0.420 bits per heavy atom. The second-order valence-electron chi connectivity index (χ2n) is 22.6. The summed E-state index contributed by atoms with van der Waals surface area (Å²) in [6, 6.07) is 0. The summed E-state index contributed by atoms with van der Waals surface area (Å²) in [6.07, 6.45) is -0.722. The first-order valence-corrected chi connectivity index (χ1v) is 32.4. The summed E-state index contributed by atoms with van der Waals surface area (Å²) in [4.78, 5) is 37.6. The predicted molar refractivity (Wildman–Crippen MR) is 296 cm³/mol. The van der Waals surface area contributed by atoms with Gasteiger partial charge >= 0.3 is 19.8 Å². The smallest absolute Gasteiger partial charge is 0.462 e. The molecule has 0 spiro atoms. The zero-order valence-corrected chi connectivity index (χ0v) is 49.5. The monoisotopic (exact) mass is 1190 g/mol. The fraction of sp³-hybridized carbons (Fsp3) is 0.965. The molecule has 23 nitrogen and oxygen atoms in total. The minimum atomic E-state index is -5.63. The number of ether oxygens (including phenoxy) is 6. The lowest BCUT2D eigenvalue weighted by Crippen LogP contribution is -2.69. The van der Waals surface area contributed by atoms with E-state index >= 15 is 0 Å². The lowest BCUT2D eigenvalue weighted by Gasteiger charge is -2.49. The number of hydrogen-bond acceptors (Lipinski definition) is 22. The van der Waals surface area contributed by atoms with Gasteiger partial charge in [0.15, 0.2) is 18.7 Å². The van der Waals surface area contributed by atoms with Crippen molar-refractivity contribution in [2.75, 3.05) is 26.4 Å². The molecule has 0 aromatic carbocycles. The summed E-state index contributed by atoms with van der Waals surface area (Å²) in [5.74, 6) is -1.32. The van der Waals surface area contributed by atoms with Crippen molar-refractivity contribution in [1.82, 2.24) is 0 Å². The van der Waals surface area contributed by atoms with E-state index in [1.54, 1.807) is 0 Å². The summed E-state index contributed by atoms with van der Waals surface area (Å²) in [7, 11) is -5.63. The van der Waals surface area contributed by atoms with Crippen LogP contribution in [0.3, 0.4) is 0 Å². The average molecular weight is 1190 g/mol. The van der Waals surface area contributed by atoms with Gasteiger partial charge in [0.25, 0.3) is 0 Å². The normalized spacial score (nSPS) is 30.9. The van der Waals surface area contributed by atoms with E-state index < -0.39 is 150 Å². The highest BCUT2D eigenvalue weighted by Gasteiger charge is 2.58. The summed E-state index contributed by atoms with van der Waals surface area (Å²) in [6.45, 7) is 1.04. The first kappa shape index (κ1) is 73.7. The zero-order chi connectivity index (χ0) is 59.6. The number of aliphatic hydroxyl groups is 11. The molecule has 12 N–H and O–H groups in total. The molecule has 0 aromatic heterocycles. The lowest BCUT2D eigenvalue weighted by molar-refractivity contribution is -0.360. The lowest BCUT2D eigenvalue weighted by atomic mass is 9.84. The molecule has 24 heteroatoms. The van der Waals surface area contributed by atoms with Crippen molar-refractivity contribution < 1.29 is 113 Å². The highest BCUT2D eigenvalue weighted by atomic mass is 31.2. The molecule has 3 fully saturated rings. The Hall–Kier alpha value is -1.55. The maximum atomic E-state index is 14.0. The SMILES string of the molecule is CCCCCCCCCCCCCCCCCCC(=O)OC(COC(=O)CCCCCCCCCCCCCCCC)COP(=O)(O)OC1C(OC2OC(CO)C(O)C(O)C2O)C(O)C(O)C(O)C1OC1OC(CO)C(O)C(O)C1O. The molecule has 81 heavy (non-hydrogen) atoms. The Morgan fingerprint density at radius 3 is 1.09 bits per heavy atom. The summed E-state index contributed by atoms with van der Waals surface area (Å²) >= 11 is 0. The van der Waals surface area contributed by atoms with E-state index in [1.165, 1.54) is 122 Å². The average Bonchev–Trinajstić information content (AvgIpc) is 3.51. The van der Waals surface area contributed by atoms with Crippen LogP contribution in [-0.4, -0.2) is 204 Å². The molecule has 1 aliphatic carbocycles. The Balaban J connectivity index is 1.68. The van der Waals surface area contributed by atoms with Crippen molar-refractivity contribution in [2.24, 2.45) is 0 Å². The first-order chi connectivity index (χ1) is 38.9. The number of rotatable bonds is 46. The number of unbranched alkanes of at least 4 members (excludes halogenated alkanes) is 28. The third-order valence-corrected chi connectivity index (χ3v) is 16.7. The van der Waals surface area contributed by atoms with E-state index in [9.17, 15) is 75.2 Å². The van der Waals surface area contributed by atoms with Gasteiger partial charge in [0.2, 0.25) is 0 Å². The molecule has 2 aliphatic heterocycles. The van der Waals surface area contributed by atoms with Gasteiger partial charge in [0, 0.05) is 12.8 Å². The van der Waals surface area contributed by atoms with Crippen LogP contribution < -0.4 is 0 Å². The molecule has 2 saturated heterocycles. The van der Waals surface area contributed by atoms with Gasteiger partial charge in [-0.05, 0) is 12.8 Å². The molecular formula is C57H107O23P. The zero-order valence-electron chi connectivity index (χ0n) is 48.6. The molecule has 0 bridgehead atoms. The molecule has 0 radical (unpaired) electrons. The van der Waals surface area contributed by atoms with Crippen LogP contribution in [0.15, 0.2) is 0 Å². The summed E-state index contributed by atoms with van der Waals surface area (Å²) < 4.78 is 58.2. The highest BCUT2D eigenvalue weighted by molar-refractivity contribution is 7.47. The van der Waals surface area contributed by atoms with Gasteiger partial charge in [-0.3, -0.25) is 18.6 Å². The number of esters is 2. The maximum absolute atomic E-state index is 14.0. The van der Waals surface area contributed by atoms with E-state index in [0.29, 0.717) is 12.8 Å². The van der Waals surface area contributed by atoms with Gasteiger partial charge in [-0.15, -0.1) is 0 Å². The van der Waals surface area contributed by atoms with Crippen LogP contribution >= 0.6 is 7.82 Å². The number of phosphoric ester groups is 1. The Kier molecular flexibility index (Phi) is 38.5. The van der Waals surface area contributed by atoms with Gasteiger partial charge in [-0.25, -0.2) is 4.57 Å². The largest absolute Gasteiger partial charge is 0.472 e. The molecule has 0 amide bonds. The van der Waals surface area contributed by atoms with E-state index in [0.717, 1.165) is 57.8 Å². The van der Waals surface area contributed by atoms with Crippen LogP contribution in [0.1, 0.15) is 219 Å². The third-order valence-electron chi connectivity index (χ3n) is 15.7. The number of carbonyl (C=O) groups is 2. The van der Waals surface area contributed by atoms with Crippen molar-refractivity contribution in [3.63, 3.8) is 0 Å². The van der Waals surface area contributed by atoms with Crippen molar-refractivity contribution in [3.05, 3.63) is 0 Å². The summed E-state index contributed by atoms with van der Waals surface area (Å²) in [5, 5.41) is 117. The Bertz CT molecular complexity index is 1610. The molecule has 0 aromatic rings. The number of phosphoric acid groups is 1. The number of hydrogen-bond donors (Lipinski definition) is 12. The molecule has 16 atom stereocenters. The molecule has 2 heterocycles. The van der Waals surface area contributed by atoms with Crippen molar-refractivity contribution in [3.8, 4) is 0 Å². The van der Waals surface area contributed by atoms with Crippen molar-refractivity contribution in [1.29, 1.82) is 0 Å². The van der Waals surface area contributed by atoms with Gasteiger partial charge in [-0.2, -0.15) is 0 Å². The van der Waals surface area contributed by atoms with Crippen LogP contribution in [0.4, 0.5) is 0 Å². The molecule has 478 valence electrons. The van der Waals surface area contributed by atoms with E-state index in [4.69, 9.17) is 37.5 Å². The Morgan fingerprint density at radius 2 is 0.741 bits per heavy atom. The van der Waals surface area contributed by atoms with Crippen molar-refractivity contribution in [2.45, 2.75) is 323 Å². The molecular weight excluding hydrogens is 1080 g/mol. The van der Waals surface area contributed by atoms with Crippen LogP contribution in [0, 0.1) is 0 Å². The van der Waals surface area contributed by atoms with Crippen LogP contribution in [0.5, 0.6) is 0 Å². The number of aliphatic hydroxyl groups excluding tert-OH is 11. The van der Waals surface area contributed by atoms with Crippen LogP contribution in [0.25, 0.3) is 0 Å². The minimum Gasteiger partial charge on any atom is -0.462 e. The van der Waals surface area contributed by atoms with Gasteiger partial charge in [0.05, 0.1) is 19.8 Å². The third kappa shape index (κ3) is 27.8. The second kappa shape index (κ2) is 42.3. The van der Waals surface area contributed by atoms with Gasteiger partial charge in [0.1, 0.15) is 92.1 Å². The topological polar surface area (TPSA) is 368 Å². The molecule has 1 saturated carbocycles. The Labute approximate surface area is 480 Å².